The number of piperidine rings is 1. The van der Waals surface area contributed by atoms with Crippen molar-refractivity contribution in [3.05, 3.63) is 29.6 Å². The first kappa shape index (κ1) is 22.1. The Morgan fingerprint density at radius 3 is 2.56 bits per heavy atom. The fourth-order valence-corrected chi connectivity index (χ4v) is 5.34. The quantitative estimate of drug-likeness (QED) is 0.793. The van der Waals surface area contributed by atoms with Gasteiger partial charge in [-0.2, -0.15) is 4.31 Å². The van der Waals surface area contributed by atoms with Crippen molar-refractivity contribution in [3.63, 3.8) is 0 Å². The molecule has 1 unspecified atom stereocenters. The fourth-order valence-electron chi connectivity index (χ4n) is 3.77. The lowest BCUT2D eigenvalue weighted by molar-refractivity contribution is 0.0788. The maximum absolute atomic E-state index is 14.5. The molecule has 0 spiro atoms. The minimum Gasteiger partial charge on any atom is -0.339 e. The van der Waals surface area contributed by atoms with Gasteiger partial charge in [0.25, 0.3) is 5.91 Å². The number of nitrogens with one attached hydrogen (secondary N) is 1. The average molecular weight is 420 g/mol. The van der Waals surface area contributed by atoms with E-state index in [0.29, 0.717) is 26.2 Å². The van der Waals surface area contributed by atoms with Crippen molar-refractivity contribution in [3.8, 4) is 0 Å². The predicted octanol–water partition coefficient (Wildman–Crippen LogP) is 2.10. The topological polar surface area (TPSA) is 69.7 Å². The lowest BCUT2D eigenvalue weighted by Crippen LogP contribution is -2.42. The SMILES string of the molecule is CNCC1CCCN(S(=O)(=O)c2ccc(C(=O)N3CCCC3)c(F)c2)C1.Cl. The number of sulfonamides is 1. The number of benzene rings is 1. The highest BCUT2D eigenvalue weighted by atomic mass is 35.5. The van der Waals surface area contributed by atoms with Gasteiger partial charge in [0, 0.05) is 26.2 Å². The number of hydrogen-bond donors (Lipinski definition) is 1. The minimum absolute atomic E-state index is 0. The van der Waals surface area contributed by atoms with Crippen LogP contribution in [-0.2, 0) is 10.0 Å². The van der Waals surface area contributed by atoms with Crippen molar-refractivity contribution >= 4 is 28.3 Å². The molecule has 2 saturated heterocycles. The summed E-state index contributed by atoms with van der Waals surface area (Å²) in [6.07, 6.45) is 3.61. The molecular formula is C18H27ClFN3O3S. The van der Waals surface area contributed by atoms with Crippen LogP contribution in [0.3, 0.4) is 0 Å². The second-order valence-electron chi connectivity index (χ2n) is 7.07. The molecule has 0 radical (unpaired) electrons. The van der Waals surface area contributed by atoms with Crippen molar-refractivity contribution in [1.82, 2.24) is 14.5 Å². The molecule has 2 heterocycles. The van der Waals surface area contributed by atoms with Crippen LogP contribution in [0, 0.1) is 11.7 Å². The monoisotopic (exact) mass is 419 g/mol. The van der Waals surface area contributed by atoms with Gasteiger partial charge in [-0.05, 0) is 63.4 Å². The molecule has 2 fully saturated rings. The van der Waals surface area contributed by atoms with Crippen LogP contribution in [0.5, 0.6) is 0 Å². The Hall–Kier alpha value is -1.22. The molecule has 6 nitrogen and oxygen atoms in total. The normalized spacial score (nSPS) is 21.1. The van der Waals surface area contributed by atoms with Gasteiger partial charge in [-0.15, -0.1) is 12.4 Å². The first-order valence-electron chi connectivity index (χ1n) is 9.17. The summed E-state index contributed by atoms with van der Waals surface area (Å²) < 4.78 is 41.7. The smallest absolute Gasteiger partial charge is 0.256 e. The Balaban J connectivity index is 0.00000261. The Bertz CT molecular complexity index is 767. The molecule has 0 aromatic heterocycles. The summed E-state index contributed by atoms with van der Waals surface area (Å²) in [7, 11) is -1.91. The third-order valence-electron chi connectivity index (χ3n) is 5.18. The van der Waals surface area contributed by atoms with Crippen molar-refractivity contribution in [2.45, 2.75) is 30.6 Å². The van der Waals surface area contributed by atoms with E-state index in [0.717, 1.165) is 38.3 Å². The van der Waals surface area contributed by atoms with Gasteiger partial charge in [0.1, 0.15) is 5.82 Å². The standard InChI is InChI=1S/C18H26FN3O3S.ClH/c1-20-12-14-5-4-10-22(13-14)26(24,25)15-6-7-16(17(19)11-15)18(23)21-8-2-3-9-21;/h6-7,11,14,20H,2-5,8-10,12-13H2,1H3;1H. The van der Waals surface area contributed by atoms with Crippen LogP contribution in [0.25, 0.3) is 0 Å². The molecule has 0 bridgehead atoms. The van der Waals surface area contributed by atoms with Gasteiger partial charge >= 0.3 is 0 Å². The van der Waals surface area contributed by atoms with Crippen LogP contribution in [0.2, 0.25) is 0 Å². The first-order chi connectivity index (χ1) is 12.4. The van der Waals surface area contributed by atoms with Gasteiger partial charge in [0.15, 0.2) is 0 Å². The van der Waals surface area contributed by atoms with Crippen molar-refractivity contribution < 1.29 is 17.6 Å². The van der Waals surface area contributed by atoms with Crippen LogP contribution in [-0.4, -0.2) is 63.3 Å². The number of amides is 1. The molecule has 9 heteroatoms. The third-order valence-corrected chi connectivity index (χ3v) is 7.04. The summed E-state index contributed by atoms with van der Waals surface area (Å²) in [5, 5.41) is 3.08. The van der Waals surface area contributed by atoms with E-state index in [1.807, 2.05) is 7.05 Å². The molecular weight excluding hydrogens is 393 g/mol. The molecule has 152 valence electrons. The highest BCUT2D eigenvalue weighted by molar-refractivity contribution is 7.89. The molecule has 1 N–H and O–H groups in total. The number of hydrogen-bond acceptors (Lipinski definition) is 4. The van der Waals surface area contributed by atoms with Crippen molar-refractivity contribution in [2.75, 3.05) is 39.8 Å². The van der Waals surface area contributed by atoms with Gasteiger partial charge in [0.2, 0.25) is 10.0 Å². The Morgan fingerprint density at radius 2 is 1.93 bits per heavy atom. The highest BCUT2D eigenvalue weighted by Gasteiger charge is 2.31. The predicted molar refractivity (Wildman–Crippen MR) is 104 cm³/mol. The zero-order valence-electron chi connectivity index (χ0n) is 15.5. The molecule has 3 rings (SSSR count). The van der Waals surface area contributed by atoms with Gasteiger partial charge < -0.3 is 10.2 Å². The van der Waals surface area contributed by atoms with Crippen molar-refractivity contribution in [2.24, 2.45) is 5.92 Å². The van der Waals surface area contributed by atoms with Crippen LogP contribution in [0.4, 0.5) is 4.39 Å². The zero-order valence-corrected chi connectivity index (χ0v) is 17.1. The van der Waals surface area contributed by atoms with Gasteiger partial charge in [0.05, 0.1) is 10.5 Å². The summed E-state index contributed by atoms with van der Waals surface area (Å²) >= 11 is 0. The van der Waals surface area contributed by atoms with Gasteiger partial charge in [-0.1, -0.05) is 0 Å². The van der Waals surface area contributed by atoms with Crippen LogP contribution < -0.4 is 5.32 Å². The number of rotatable bonds is 5. The molecule has 1 atom stereocenters. The summed E-state index contributed by atoms with van der Waals surface area (Å²) in [4.78, 5) is 13.9. The Labute approximate surface area is 166 Å². The molecule has 2 aliphatic rings. The van der Waals surface area contributed by atoms with E-state index in [4.69, 9.17) is 0 Å². The molecule has 1 amide bonds. The number of nitrogens with zero attached hydrogens (tertiary/aromatic N) is 2. The van der Waals surface area contributed by atoms with Crippen LogP contribution in [0.15, 0.2) is 23.1 Å². The molecule has 1 aromatic carbocycles. The lowest BCUT2D eigenvalue weighted by Gasteiger charge is -2.31. The van der Waals surface area contributed by atoms with E-state index in [9.17, 15) is 17.6 Å². The molecule has 1 aromatic rings. The van der Waals surface area contributed by atoms with E-state index in [2.05, 4.69) is 5.32 Å². The number of likely N-dealkylation sites (tertiary alicyclic amines) is 1. The summed E-state index contributed by atoms with van der Waals surface area (Å²) in [6, 6.07) is 3.64. The molecule has 0 aliphatic carbocycles. The summed E-state index contributed by atoms with van der Waals surface area (Å²) in [5.41, 5.74) is -0.0578. The maximum Gasteiger partial charge on any atom is 0.256 e. The second-order valence-corrected chi connectivity index (χ2v) is 9.01. The van der Waals surface area contributed by atoms with E-state index >= 15 is 0 Å². The largest absolute Gasteiger partial charge is 0.339 e. The zero-order chi connectivity index (χ0) is 18.7. The van der Waals surface area contributed by atoms with Crippen LogP contribution in [0.1, 0.15) is 36.0 Å². The van der Waals surface area contributed by atoms with E-state index in [1.165, 1.54) is 16.4 Å². The second kappa shape index (κ2) is 9.32. The van der Waals surface area contributed by atoms with Gasteiger partial charge in [-0.25, -0.2) is 12.8 Å². The summed E-state index contributed by atoms with van der Waals surface area (Å²) in [5.74, 6) is -0.882. The third kappa shape index (κ3) is 4.80. The van der Waals surface area contributed by atoms with Crippen LogP contribution >= 0.6 is 12.4 Å². The minimum atomic E-state index is -3.76. The Kier molecular flexibility index (Phi) is 7.62. The fraction of sp³-hybridized carbons (Fsp3) is 0.611. The number of halogens is 2. The maximum atomic E-state index is 14.5. The Morgan fingerprint density at radius 1 is 1.22 bits per heavy atom. The number of carbonyl (C=O) groups is 1. The highest BCUT2D eigenvalue weighted by Crippen LogP contribution is 2.25. The van der Waals surface area contributed by atoms with Crippen molar-refractivity contribution in [1.29, 1.82) is 0 Å². The van der Waals surface area contributed by atoms with Gasteiger partial charge in [-0.3, -0.25) is 4.79 Å². The van der Waals surface area contributed by atoms with E-state index in [-0.39, 0.29) is 34.7 Å². The lowest BCUT2D eigenvalue weighted by atomic mass is 10.00. The summed E-state index contributed by atoms with van der Waals surface area (Å²) in [6.45, 7) is 2.87. The molecule has 2 aliphatic heterocycles. The van der Waals surface area contributed by atoms with E-state index in [1.54, 1.807) is 4.90 Å². The van der Waals surface area contributed by atoms with E-state index < -0.39 is 15.8 Å². The molecule has 27 heavy (non-hydrogen) atoms. The molecule has 0 saturated carbocycles. The number of carbonyl (C=O) groups excluding carboxylic acids is 1. The average Bonchev–Trinajstić information content (AvgIpc) is 3.16. The first-order valence-corrected chi connectivity index (χ1v) is 10.6.